The fourth-order valence-electron chi connectivity index (χ4n) is 10.8. The molecule has 0 saturated carbocycles. The third-order valence-electron chi connectivity index (χ3n) is 14.0. The van der Waals surface area contributed by atoms with Gasteiger partial charge in [0.2, 0.25) is 0 Å². The van der Waals surface area contributed by atoms with Crippen molar-refractivity contribution >= 4 is 70.4 Å². The maximum atomic E-state index is 2.47. The number of hydrogen-bond donors (Lipinski definition) is 0. The van der Waals surface area contributed by atoms with Crippen LogP contribution in [-0.4, -0.2) is 4.57 Å². The normalized spacial score (nSPS) is 12.8. The van der Waals surface area contributed by atoms with Gasteiger partial charge in [0, 0.05) is 59.0 Å². The number of hydrogen-bond acceptors (Lipinski definition) is 2. The van der Waals surface area contributed by atoms with Gasteiger partial charge in [-0.2, -0.15) is 0 Å². The van der Waals surface area contributed by atoms with Crippen LogP contribution >= 0.6 is 11.3 Å². The van der Waals surface area contributed by atoms with E-state index in [9.17, 15) is 0 Å². The highest BCUT2D eigenvalue weighted by Crippen LogP contribution is 2.54. The molecule has 0 spiro atoms. The predicted molar refractivity (Wildman–Crippen MR) is 282 cm³/mol. The van der Waals surface area contributed by atoms with Gasteiger partial charge < -0.3 is 9.47 Å². The van der Waals surface area contributed by atoms with Crippen LogP contribution in [0.1, 0.15) is 25.0 Å². The first-order valence-corrected chi connectivity index (χ1v) is 23.6. The van der Waals surface area contributed by atoms with Gasteiger partial charge in [0.05, 0.1) is 16.7 Å². The van der Waals surface area contributed by atoms with E-state index >= 15 is 0 Å². The van der Waals surface area contributed by atoms with E-state index < -0.39 is 0 Å². The third kappa shape index (κ3) is 6.01. The molecule has 2 nitrogen and oxygen atoms in total. The van der Waals surface area contributed by atoms with Gasteiger partial charge in [-0.3, -0.25) is 0 Å². The first kappa shape index (κ1) is 38.5. The van der Waals surface area contributed by atoms with Crippen molar-refractivity contribution in [2.24, 2.45) is 0 Å². The summed E-state index contributed by atoms with van der Waals surface area (Å²) in [5, 5.41) is 5.13. The first-order valence-electron chi connectivity index (χ1n) is 22.8. The van der Waals surface area contributed by atoms with Crippen LogP contribution in [0.15, 0.2) is 231 Å². The largest absolute Gasteiger partial charge is 0.310 e. The van der Waals surface area contributed by atoms with Crippen LogP contribution in [0.3, 0.4) is 0 Å². The topological polar surface area (TPSA) is 8.17 Å². The summed E-state index contributed by atoms with van der Waals surface area (Å²) < 4.78 is 5.02. The molecule has 0 saturated heterocycles. The lowest BCUT2D eigenvalue weighted by molar-refractivity contribution is 0.660. The van der Waals surface area contributed by atoms with Crippen molar-refractivity contribution in [3.63, 3.8) is 0 Å². The molecular formula is C63H44N2S. The molecule has 66 heavy (non-hydrogen) atoms. The highest BCUT2D eigenvalue weighted by atomic mass is 32.1. The molecule has 13 rings (SSSR count). The Balaban J connectivity index is 0.936. The highest BCUT2D eigenvalue weighted by Gasteiger charge is 2.37. The number of benzene rings is 10. The van der Waals surface area contributed by atoms with Crippen LogP contribution in [0.4, 0.5) is 17.1 Å². The van der Waals surface area contributed by atoms with Gasteiger partial charge in [-0.25, -0.2) is 0 Å². The average Bonchev–Trinajstić information content (AvgIpc) is 4.00. The maximum absolute atomic E-state index is 2.47. The van der Waals surface area contributed by atoms with Crippen molar-refractivity contribution in [3.8, 4) is 50.2 Å². The van der Waals surface area contributed by atoms with Crippen molar-refractivity contribution < 1.29 is 0 Å². The molecule has 3 heteroatoms. The summed E-state index contributed by atoms with van der Waals surface area (Å²) in [7, 11) is 0. The molecule has 0 bridgehead atoms. The fourth-order valence-corrected chi connectivity index (χ4v) is 11.9. The number of para-hydroxylation sites is 2. The van der Waals surface area contributed by atoms with Gasteiger partial charge in [-0.1, -0.05) is 166 Å². The van der Waals surface area contributed by atoms with Crippen LogP contribution in [0.25, 0.3) is 92.2 Å². The number of fused-ring (bicyclic) bond motifs is 9. The van der Waals surface area contributed by atoms with Crippen LogP contribution in [-0.2, 0) is 5.41 Å². The van der Waals surface area contributed by atoms with Crippen LogP contribution in [0, 0.1) is 0 Å². The summed E-state index contributed by atoms with van der Waals surface area (Å²) in [5.74, 6) is 0. The van der Waals surface area contributed by atoms with Crippen LogP contribution in [0.2, 0.25) is 0 Å². The molecule has 2 heterocycles. The molecule has 0 radical (unpaired) electrons. The molecule has 10 aromatic carbocycles. The highest BCUT2D eigenvalue weighted by molar-refractivity contribution is 7.25. The average molecular weight is 861 g/mol. The lowest BCUT2D eigenvalue weighted by atomic mass is 9.82. The van der Waals surface area contributed by atoms with Crippen LogP contribution < -0.4 is 4.90 Å². The molecule has 0 aliphatic heterocycles. The zero-order valence-electron chi connectivity index (χ0n) is 36.7. The molecule has 0 amide bonds. The zero-order chi connectivity index (χ0) is 43.9. The molecular weight excluding hydrogens is 817 g/mol. The SMILES string of the molecule is CC1(C)c2ccccc2-c2c(N(c3ccc(-c4ccc5sc6ccc(-c7ccccc7)cc6c5c4)cc3)c3ccc(-c4cccc5c4c4ccccc4n5-c4ccccc4)cc3)cccc21. The summed E-state index contributed by atoms with van der Waals surface area (Å²) >= 11 is 1.87. The number of rotatable bonds is 7. The summed E-state index contributed by atoms with van der Waals surface area (Å²) in [6.07, 6.45) is 0. The Morgan fingerprint density at radius 1 is 0.394 bits per heavy atom. The number of aromatic nitrogens is 1. The van der Waals surface area contributed by atoms with E-state index in [2.05, 4.69) is 254 Å². The van der Waals surface area contributed by atoms with E-state index in [-0.39, 0.29) is 5.41 Å². The first-order chi connectivity index (χ1) is 32.5. The van der Waals surface area contributed by atoms with Gasteiger partial charge in [-0.05, 0) is 129 Å². The smallest absolute Gasteiger partial charge is 0.0547 e. The lowest BCUT2D eigenvalue weighted by Crippen LogP contribution is -2.16. The Labute approximate surface area is 388 Å². The second-order valence-electron chi connectivity index (χ2n) is 18.1. The molecule has 1 aliphatic rings. The summed E-state index contributed by atoms with van der Waals surface area (Å²) in [6.45, 7) is 4.72. The fraction of sp³-hybridized carbons (Fsp3) is 0.0476. The molecule has 312 valence electrons. The van der Waals surface area contributed by atoms with Crippen molar-refractivity contribution in [1.82, 2.24) is 4.57 Å². The third-order valence-corrected chi connectivity index (χ3v) is 15.2. The molecule has 1 aliphatic carbocycles. The van der Waals surface area contributed by atoms with E-state index in [0.29, 0.717) is 0 Å². The summed E-state index contributed by atoms with van der Waals surface area (Å²) in [4.78, 5) is 2.47. The standard InChI is InChI=1S/C63H44N2S/c1-63(2)54-22-11-9-19-50(54)62-55(63)23-14-26-58(62)64(47-33-27-42(28-34-47)45-32-38-60-53(40-45)52-39-44(31-37-59(52)66-60)41-15-5-3-6-16-41)48-35-29-43(30-36-48)49-21-13-25-57-61(49)51-20-10-12-24-56(51)65(57)46-17-7-4-8-18-46/h3-40H,1-2H3. The van der Waals surface area contributed by atoms with Crippen molar-refractivity contribution in [3.05, 3.63) is 242 Å². The van der Waals surface area contributed by atoms with E-state index in [1.165, 1.54) is 103 Å². The lowest BCUT2D eigenvalue weighted by Gasteiger charge is -2.29. The molecule has 0 atom stereocenters. The summed E-state index contributed by atoms with van der Waals surface area (Å²) in [5.41, 5.74) is 19.5. The second kappa shape index (κ2) is 15.1. The Morgan fingerprint density at radius 2 is 0.924 bits per heavy atom. The molecule has 0 N–H and O–H groups in total. The van der Waals surface area contributed by atoms with E-state index in [1.807, 2.05) is 11.3 Å². The number of anilines is 3. The van der Waals surface area contributed by atoms with E-state index in [1.54, 1.807) is 0 Å². The van der Waals surface area contributed by atoms with Crippen molar-refractivity contribution in [2.75, 3.05) is 4.90 Å². The van der Waals surface area contributed by atoms with Crippen molar-refractivity contribution in [2.45, 2.75) is 19.3 Å². The van der Waals surface area contributed by atoms with Crippen LogP contribution in [0.5, 0.6) is 0 Å². The Bertz CT molecular complexity index is 3820. The van der Waals surface area contributed by atoms with E-state index in [4.69, 9.17) is 0 Å². The Kier molecular flexibility index (Phi) is 8.78. The van der Waals surface area contributed by atoms with Crippen molar-refractivity contribution in [1.29, 1.82) is 0 Å². The predicted octanol–water partition coefficient (Wildman–Crippen LogP) is 17.9. The maximum Gasteiger partial charge on any atom is 0.0547 e. The van der Waals surface area contributed by atoms with Gasteiger partial charge in [0.1, 0.15) is 0 Å². The minimum atomic E-state index is -0.120. The minimum absolute atomic E-state index is 0.120. The molecule has 0 unspecified atom stereocenters. The second-order valence-corrected chi connectivity index (χ2v) is 19.2. The molecule has 12 aromatic rings. The van der Waals surface area contributed by atoms with E-state index in [0.717, 1.165) is 17.1 Å². The monoisotopic (exact) mass is 860 g/mol. The minimum Gasteiger partial charge on any atom is -0.310 e. The van der Waals surface area contributed by atoms with Gasteiger partial charge >= 0.3 is 0 Å². The quantitative estimate of drug-likeness (QED) is 0.155. The Morgan fingerprint density at radius 3 is 1.64 bits per heavy atom. The van der Waals surface area contributed by atoms with Gasteiger partial charge in [0.25, 0.3) is 0 Å². The van der Waals surface area contributed by atoms with Gasteiger partial charge in [0.15, 0.2) is 0 Å². The number of nitrogens with zero attached hydrogens (tertiary/aromatic N) is 2. The van der Waals surface area contributed by atoms with Gasteiger partial charge in [-0.15, -0.1) is 11.3 Å². The number of thiophene rings is 1. The Hall–Kier alpha value is -7.98. The zero-order valence-corrected chi connectivity index (χ0v) is 37.6. The molecule has 0 fully saturated rings. The summed E-state index contributed by atoms with van der Waals surface area (Å²) in [6, 6.07) is 85.0. The molecule has 2 aromatic heterocycles.